The molecule has 0 aliphatic carbocycles. The predicted molar refractivity (Wildman–Crippen MR) is 76.0 cm³/mol. The molecule has 1 saturated heterocycles. The molecule has 5 heteroatoms. The van der Waals surface area contributed by atoms with Crippen molar-refractivity contribution in [3.63, 3.8) is 0 Å². The number of rotatable bonds is 2. The Morgan fingerprint density at radius 3 is 2.68 bits per heavy atom. The standard InChI is InChI=1S/C14H18N4O/c15-13-14(18-8-4-3-5-10(18)9-19)17-12-7-2-1-6-11(12)16-13/h1-2,6-7,10,19H,3-5,8-9H2,(H2,15,16). The molecule has 2 heterocycles. The van der Waals surface area contributed by atoms with E-state index < -0.39 is 0 Å². The molecule has 1 aromatic heterocycles. The first-order valence-corrected chi connectivity index (χ1v) is 6.69. The number of anilines is 2. The number of aromatic nitrogens is 2. The fourth-order valence-electron chi connectivity index (χ4n) is 2.68. The van der Waals surface area contributed by atoms with Gasteiger partial charge in [0.25, 0.3) is 0 Å². The average Bonchev–Trinajstić information content (AvgIpc) is 2.46. The van der Waals surface area contributed by atoms with Gasteiger partial charge in [0.05, 0.1) is 23.7 Å². The topological polar surface area (TPSA) is 75.3 Å². The SMILES string of the molecule is Nc1nc2ccccc2nc1N1CCCCC1CO. The Balaban J connectivity index is 2.05. The summed E-state index contributed by atoms with van der Waals surface area (Å²) in [5.74, 6) is 1.15. The number of nitrogens with zero attached hydrogens (tertiary/aromatic N) is 3. The summed E-state index contributed by atoms with van der Waals surface area (Å²) in [6, 6.07) is 7.81. The van der Waals surface area contributed by atoms with Crippen LogP contribution in [0.1, 0.15) is 19.3 Å². The molecule has 1 aliphatic heterocycles. The Hall–Kier alpha value is -1.88. The Bertz CT molecular complexity index is 587. The number of piperidine rings is 1. The number of nitrogens with two attached hydrogens (primary N) is 1. The first kappa shape index (κ1) is 12.2. The number of hydrogen-bond donors (Lipinski definition) is 2. The third kappa shape index (κ3) is 2.21. The lowest BCUT2D eigenvalue weighted by atomic mass is 10.0. The number of fused-ring (bicyclic) bond motifs is 1. The summed E-state index contributed by atoms with van der Waals surface area (Å²) in [5, 5.41) is 9.50. The number of nitrogen functional groups attached to an aromatic ring is 1. The Labute approximate surface area is 112 Å². The summed E-state index contributed by atoms with van der Waals surface area (Å²) < 4.78 is 0. The van der Waals surface area contributed by atoms with E-state index in [4.69, 9.17) is 5.73 Å². The number of aliphatic hydroxyl groups is 1. The van der Waals surface area contributed by atoms with Gasteiger partial charge in [-0.15, -0.1) is 0 Å². The minimum atomic E-state index is 0.103. The lowest BCUT2D eigenvalue weighted by molar-refractivity contribution is 0.239. The van der Waals surface area contributed by atoms with Gasteiger partial charge < -0.3 is 15.7 Å². The highest BCUT2D eigenvalue weighted by atomic mass is 16.3. The van der Waals surface area contributed by atoms with Crippen molar-refractivity contribution >= 4 is 22.7 Å². The van der Waals surface area contributed by atoms with Crippen LogP contribution in [0.15, 0.2) is 24.3 Å². The maximum Gasteiger partial charge on any atom is 0.172 e. The fraction of sp³-hybridized carbons (Fsp3) is 0.429. The molecular formula is C14H18N4O. The maximum atomic E-state index is 9.50. The van der Waals surface area contributed by atoms with E-state index in [2.05, 4.69) is 14.9 Å². The lowest BCUT2D eigenvalue weighted by Gasteiger charge is -2.35. The largest absolute Gasteiger partial charge is 0.394 e. The third-order valence-electron chi connectivity index (χ3n) is 3.69. The molecule has 0 spiro atoms. The molecule has 100 valence electrons. The molecule has 0 amide bonds. The Morgan fingerprint density at radius 2 is 1.95 bits per heavy atom. The smallest absolute Gasteiger partial charge is 0.172 e. The molecule has 19 heavy (non-hydrogen) atoms. The van der Waals surface area contributed by atoms with Gasteiger partial charge in [-0.3, -0.25) is 0 Å². The van der Waals surface area contributed by atoms with Gasteiger partial charge in [-0.05, 0) is 31.4 Å². The van der Waals surface area contributed by atoms with E-state index in [0.717, 1.165) is 36.8 Å². The molecule has 1 aromatic carbocycles. The van der Waals surface area contributed by atoms with E-state index in [9.17, 15) is 5.11 Å². The fourth-order valence-corrected chi connectivity index (χ4v) is 2.68. The molecule has 0 saturated carbocycles. The zero-order chi connectivity index (χ0) is 13.2. The summed E-state index contributed by atoms with van der Waals surface area (Å²) in [6.45, 7) is 1.01. The van der Waals surface area contributed by atoms with Crippen LogP contribution in [-0.2, 0) is 0 Å². The molecule has 3 N–H and O–H groups in total. The van der Waals surface area contributed by atoms with Gasteiger partial charge in [-0.1, -0.05) is 12.1 Å². The normalized spacial score (nSPS) is 19.8. The molecule has 2 aromatic rings. The average molecular weight is 258 g/mol. The number of hydrogen-bond acceptors (Lipinski definition) is 5. The minimum Gasteiger partial charge on any atom is -0.394 e. The molecule has 0 radical (unpaired) electrons. The third-order valence-corrected chi connectivity index (χ3v) is 3.69. The van der Waals surface area contributed by atoms with E-state index in [-0.39, 0.29) is 12.6 Å². The van der Waals surface area contributed by atoms with Crippen LogP contribution in [0, 0.1) is 0 Å². The van der Waals surface area contributed by atoms with Crippen molar-refractivity contribution in [2.75, 3.05) is 23.8 Å². The molecular weight excluding hydrogens is 240 g/mol. The van der Waals surface area contributed by atoms with E-state index >= 15 is 0 Å². The van der Waals surface area contributed by atoms with E-state index in [0.29, 0.717) is 11.6 Å². The molecule has 1 atom stereocenters. The van der Waals surface area contributed by atoms with Crippen LogP contribution in [0.25, 0.3) is 11.0 Å². The van der Waals surface area contributed by atoms with Crippen LogP contribution in [0.2, 0.25) is 0 Å². The van der Waals surface area contributed by atoms with Crippen LogP contribution in [0.5, 0.6) is 0 Å². The van der Waals surface area contributed by atoms with Gasteiger partial charge in [-0.25, -0.2) is 9.97 Å². The van der Waals surface area contributed by atoms with Crippen LogP contribution in [0.4, 0.5) is 11.6 Å². The number of benzene rings is 1. The highest BCUT2D eigenvalue weighted by Crippen LogP contribution is 2.28. The number of para-hydroxylation sites is 2. The van der Waals surface area contributed by atoms with Crippen molar-refractivity contribution < 1.29 is 5.11 Å². The van der Waals surface area contributed by atoms with Crippen molar-refractivity contribution in [3.05, 3.63) is 24.3 Å². The molecule has 5 nitrogen and oxygen atoms in total. The summed E-state index contributed by atoms with van der Waals surface area (Å²) in [7, 11) is 0. The van der Waals surface area contributed by atoms with E-state index in [1.807, 2.05) is 24.3 Å². The molecule has 1 fully saturated rings. The Morgan fingerprint density at radius 1 is 1.21 bits per heavy atom. The van der Waals surface area contributed by atoms with Gasteiger partial charge in [0.1, 0.15) is 0 Å². The number of aliphatic hydroxyl groups excluding tert-OH is 1. The monoisotopic (exact) mass is 258 g/mol. The first-order chi connectivity index (χ1) is 9.29. The Kier molecular flexibility index (Phi) is 3.21. The summed E-state index contributed by atoms with van der Waals surface area (Å²) in [6.07, 6.45) is 3.22. The minimum absolute atomic E-state index is 0.103. The molecule has 1 unspecified atom stereocenters. The van der Waals surface area contributed by atoms with E-state index in [1.165, 1.54) is 0 Å². The van der Waals surface area contributed by atoms with Crippen LogP contribution >= 0.6 is 0 Å². The zero-order valence-electron chi connectivity index (χ0n) is 10.8. The van der Waals surface area contributed by atoms with Crippen molar-refractivity contribution in [2.24, 2.45) is 0 Å². The van der Waals surface area contributed by atoms with Gasteiger partial charge in [0.2, 0.25) is 0 Å². The zero-order valence-corrected chi connectivity index (χ0v) is 10.8. The van der Waals surface area contributed by atoms with Gasteiger partial charge in [0, 0.05) is 6.54 Å². The van der Waals surface area contributed by atoms with Crippen LogP contribution < -0.4 is 10.6 Å². The van der Waals surface area contributed by atoms with Crippen molar-refractivity contribution in [1.82, 2.24) is 9.97 Å². The van der Waals surface area contributed by atoms with Crippen molar-refractivity contribution in [2.45, 2.75) is 25.3 Å². The van der Waals surface area contributed by atoms with Crippen molar-refractivity contribution in [1.29, 1.82) is 0 Å². The summed E-state index contributed by atoms with van der Waals surface area (Å²) >= 11 is 0. The summed E-state index contributed by atoms with van der Waals surface area (Å²) in [4.78, 5) is 11.1. The van der Waals surface area contributed by atoms with Gasteiger partial charge in [0.15, 0.2) is 11.6 Å². The highest BCUT2D eigenvalue weighted by molar-refractivity contribution is 5.79. The lowest BCUT2D eigenvalue weighted by Crippen LogP contribution is -2.42. The van der Waals surface area contributed by atoms with Crippen molar-refractivity contribution in [3.8, 4) is 0 Å². The van der Waals surface area contributed by atoms with E-state index in [1.54, 1.807) is 0 Å². The quantitative estimate of drug-likeness (QED) is 0.855. The van der Waals surface area contributed by atoms with Crippen LogP contribution in [-0.4, -0.2) is 34.3 Å². The van der Waals surface area contributed by atoms with Crippen LogP contribution in [0.3, 0.4) is 0 Å². The maximum absolute atomic E-state index is 9.50. The second-order valence-electron chi connectivity index (χ2n) is 4.95. The van der Waals surface area contributed by atoms with Gasteiger partial charge >= 0.3 is 0 Å². The predicted octanol–water partition coefficient (Wildman–Crippen LogP) is 1.56. The summed E-state index contributed by atoms with van der Waals surface area (Å²) in [5.41, 5.74) is 7.69. The second-order valence-corrected chi connectivity index (χ2v) is 4.95. The highest BCUT2D eigenvalue weighted by Gasteiger charge is 2.25. The first-order valence-electron chi connectivity index (χ1n) is 6.69. The van der Waals surface area contributed by atoms with Gasteiger partial charge in [-0.2, -0.15) is 0 Å². The molecule has 3 rings (SSSR count). The second kappa shape index (κ2) is 5.01. The molecule has 0 bridgehead atoms. The molecule has 1 aliphatic rings.